The van der Waals surface area contributed by atoms with E-state index in [1.165, 1.54) is 12.8 Å². The van der Waals surface area contributed by atoms with E-state index in [4.69, 9.17) is 0 Å². The average molecular weight is 229 g/mol. The Morgan fingerprint density at radius 1 is 1.24 bits per heavy atom. The van der Waals surface area contributed by atoms with Gasteiger partial charge in [-0.1, -0.05) is 0 Å². The molecule has 1 atom stereocenters. The lowest BCUT2D eigenvalue weighted by Gasteiger charge is -2.24. The molecule has 2 N–H and O–H groups in total. The molecule has 1 unspecified atom stereocenters. The normalized spacial score (nSPS) is 20.4. The molecule has 17 heavy (non-hydrogen) atoms. The highest BCUT2D eigenvalue weighted by atomic mass is 15.1. The van der Waals surface area contributed by atoms with Gasteiger partial charge in [0.05, 0.1) is 0 Å². The third kappa shape index (κ3) is 2.34. The first kappa shape index (κ1) is 10.4. The summed E-state index contributed by atoms with van der Waals surface area (Å²) < 4.78 is 0. The molecule has 1 fully saturated rings. The topological polar surface area (TPSA) is 62.7 Å². The van der Waals surface area contributed by atoms with Crippen LogP contribution in [-0.2, 0) is 0 Å². The third-order valence-corrected chi connectivity index (χ3v) is 2.98. The Kier molecular flexibility index (Phi) is 2.83. The summed E-state index contributed by atoms with van der Waals surface area (Å²) in [5, 5.41) is 6.81. The molecule has 3 rings (SSSR count). The first-order valence-electron chi connectivity index (χ1n) is 5.97. The van der Waals surface area contributed by atoms with Crippen LogP contribution in [0.5, 0.6) is 0 Å². The second-order valence-electron chi connectivity index (χ2n) is 4.28. The van der Waals surface area contributed by atoms with Crippen molar-refractivity contribution in [2.75, 3.05) is 18.4 Å². The number of rotatable bonds is 2. The molecule has 88 valence electrons. The van der Waals surface area contributed by atoms with E-state index in [9.17, 15) is 0 Å². The van der Waals surface area contributed by atoms with Crippen molar-refractivity contribution in [3.63, 3.8) is 0 Å². The fourth-order valence-corrected chi connectivity index (χ4v) is 2.12. The Hall–Kier alpha value is -1.75. The van der Waals surface area contributed by atoms with Crippen molar-refractivity contribution in [3.8, 4) is 0 Å². The Labute approximate surface area is 99.7 Å². The SMILES string of the molecule is c1cnc2nc(NC3CCCNC3)ccc2n1. The molecule has 0 bridgehead atoms. The molecule has 1 saturated heterocycles. The van der Waals surface area contributed by atoms with Crippen LogP contribution in [0.15, 0.2) is 24.5 Å². The molecule has 2 aromatic rings. The quantitative estimate of drug-likeness (QED) is 0.810. The molecule has 0 amide bonds. The van der Waals surface area contributed by atoms with Gasteiger partial charge in [0.25, 0.3) is 0 Å². The van der Waals surface area contributed by atoms with E-state index in [2.05, 4.69) is 25.6 Å². The van der Waals surface area contributed by atoms with Gasteiger partial charge < -0.3 is 10.6 Å². The lowest BCUT2D eigenvalue weighted by molar-refractivity contribution is 0.479. The smallest absolute Gasteiger partial charge is 0.180 e. The molecular weight excluding hydrogens is 214 g/mol. The van der Waals surface area contributed by atoms with Gasteiger partial charge in [-0.3, -0.25) is 4.98 Å². The van der Waals surface area contributed by atoms with E-state index >= 15 is 0 Å². The van der Waals surface area contributed by atoms with Crippen molar-refractivity contribution in [3.05, 3.63) is 24.5 Å². The van der Waals surface area contributed by atoms with Crippen LogP contribution in [0.1, 0.15) is 12.8 Å². The minimum atomic E-state index is 0.463. The van der Waals surface area contributed by atoms with Gasteiger partial charge in [0.2, 0.25) is 0 Å². The number of piperidine rings is 1. The minimum Gasteiger partial charge on any atom is -0.366 e. The number of aromatic nitrogens is 3. The maximum Gasteiger partial charge on any atom is 0.180 e. The largest absolute Gasteiger partial charge is 0.366 e. The first-order valence-corrected chi connectivity index (χ1v) is 5.97. The van der Waals surface area contributed by atoms with E-state index in [0.29, 0.717) is 11.7 Å². The van der Waals surface area contributed by atoms with Gasteiger partial charge in [0, 0.05) is 25.0 Å². The monoisotopic (exact) mass is 229 g/mol. The number of fused-ring (bicyclic) bond motifs is 1. The number of anilines is 1. The first-order chi connectivity index (χ1) is 8.42. The molecule has 0 aliphatic carbocycles. The molecule has 1 aliphatic rings. The molecule has 0 aromatic carbocycles. The van der Waals surface area contributed by atoms with Crippen LogP contribution in [0, 0.1) is 0 Å². The zero-order valence-corrected chi connectivity index (χ0v) is 9.56. The lowest BCUT2D eigenvalue weighted by atomic mass is 10.1. The van der Waals surface area contributed by atoms with Crippen molar-refractivity contribution in [2.24, 2.45) is 0 Å². The predicted molar refractivity (Wildman–Crippen MR) is 66.8 cm³/mol. The summed E-state index contributed by atoms with van der Waals surface area (Å²) >= 11 is 0. The van der Waals surface area contributed by atoms with E-state index in [0.717, 1.165) is 24.4 Å². The number of nitrogens with zero attached hydrogens (tertiary/aromatic N) is 3. The van der Waals surface area contributed by atoms with Crippen LogP contribution in [0.4, 0.5) is 5.82 Å². The summed E-state index contributed by atoms with van der Waals surface area (Å²) in [6.07, 6.45) is 5.75. The number of hydrogen-bond donors (Lipinski definition) is 2. The van der Waals surface area contributed by atoms with Gasteiger partial charge in [-0.15, -0.1) is 0 Å². The van der Waals surface area contributed by atoms with Crippen LogP contribution in [0.2, 0.25) is 0 Å². The van der Waals surface area contributed by atoms with Crippen molar-refractivity contribution in [1.82, 2.24) is 20.3 Å². The predicted octanol–water partition coefficient (Wildman–Crippen LogP) is 1.19. The van der Waals surface area contributed by atoms with Crippen LogP contribution in [0.3, 0.4) is 0 Å². The van der Waals surface area contributed by atoms with Crippen molar-refractivity contribution < 1.29 is 0 Å². The summed E-state index contributed by atoms with van der Waals surface area (Å²) in [7, 11) is 0. The highest BCUT2D eigenvalue weighted by Gasteiger charge is 2.12. The van der Waals surface area contributed by atoms with Gasteiger partial charge >= 0.3 is 0 Å². The van der Waals surface area contributed by atoms with Gasteiger partial charge in [0.1, 0.15) is 11.3 Å². The van der Waals surface area contributed by atoms with Gasteiger partial charge in [-0.05, 0) is 31.5 Å². The van der Waals surface area contributed by atoms with Gasteiger partial charge in [-0.2, -0.15) is 0 Å². The van der Waals surface area contributed by atoms with Crippen molar-refractivity contribution in [1.29, 1.82) is 0 Å². The Morgan fingerprint density at radius 3 is 3.06 bits per heavy atom. The summed E-state index contributed by atoms with van der Waals surface area (Å²) in [5.41, 5.74) is 1.53. The number of pyridine rings is 1. The molecule has 5 heteroatoms. The van der Waals surface area contributed by atoms with Crippen molar-refractivity contribution >= 4 is 17.0 Å². The van der Waals surface area contributed by atoms with Gasteiger partial charge in [0.15, 0.2) is 5.65 Å². The average Bonchev–Trinajstić information content (AvgIpc) is 2.40. The molecule has 3 heterocycles. The van der Waals surface area contributed by atoms with Crippen molar-refractivity contribution in [2.45, 2.75) is 18.9 Å². The molecular formula is C12H15N5. The highest BCUT2D eigenvalue weighted by Crippen LogP contribution is 2.13. The summed E-state index contributed by atoms with van der Waals surface area (Å²) in [6, 6.07) is 4.38. The van der Waals surface area contributed by atoms with Crippen LogP contribution >= 0.6 is 0 Å². The van der Waals surface area contributed by atoms with Crippen LogP contribution in [0.25, 0.3) is 11.2 Å². The number of nitrogens with one attached hydrogen (secondary N) is 2. The molecule has 5 nitrogen and oxygen atoms in total. The molecule has 1 aliphatic heterocycles. The molecule has 0 spiro atoms. The minimum absolute atomic E-state index is 0.463. The van der Waals surface area contributed by atoms with Crippen LogP contribution in [-0.4, -0.2) is 34.1 Å². The van der Waals surface area contributed by atoms with Crippen LogP contribution < -0.4 is 10.6 Å². The fraction of sp³-hybridized carbons (Fsp3) is 0.417. The van der Waals surface area contributed by atoms with Gasteiger partial charge in [-0.25, -0.2) is 9.97 Å². The fourth-order valence-electron chi connectivity index (χ4n) is 2.12. The molecule has 2 aromatic heterocycles. The number of hydrogen-bond acceptors (Lipinski definition) is 5. The Bertz CT molecular complexity index is 507. The second-order valence-corrected chi connectivity index (χ2v) is 4.28. The van der Waals surface area contributed by atoms with E-state index in [1.807, 2.05) is 12.1 Å². The lowest BCUT2D eigenvalue weighted by Crippen LogP contribution is -2.38. The molecule has 0 radical (unpaired) electrons. The maximum absolute atomic E-state index is 4.46. The highest BCUT2D eigenvalue weighted by molar-refractivity contribution is 5.71. The molecule has 0 saturated carbocycles. The van der Waals surface area contributed by atoms with E-state index in [-0.39, 0.29) is 0 Å². The maximum atomic E-state index is 4.46. The van der Waals surface area contributed by atoms with E-state index in [1.54, 1.807) is 12.4 Å². The standard InChI is InChI=1S/C12H15N5/c1-2-9(8-13-5-1)16-11-4-3-10-12(17-11)15-7-6-14-10/h3-4,6-7,9,13H,1-2,5,8H2,(H,15,16,17). The summed E-state index contributed by atoms with van der Waals surface area (Å²) in [6.45, 7) is 2.12. The third-order valence-electron chi connectivity index (χ3n) is 2.98. The second kappa shape index (κ2) is 4.63. The Morgan fingerprint density at radius 2 is 2.18 bits per heavy atom. The Balaban J connectivity index is 1.80. The summed E-state index contributed by atoms with van der Waals surface area (Å²) in [4.78, 5) is 12.9. The zero-order chi connectivity index (χ0) is 11.5. The van der Waals surface area contributed by atoms with E-state index < -0.39 is 0 Å². The summed E-state index contributed by atoms with van der Waals surface area (Å²) in [5.74, 6) is 0.881. The zero-order valence-electron chi connectivity index (χ0n) is 9.56.